The fourth-order valence-electron chi connectivity index (χ4n) is 2.55. The highest BCUT2D eigenvalue weighted by molar-refractivity contribution is 5.91. The third-order valence-corrected chi connectivity index (χ3v) is 3.95. The molecule has 1 aromatic rings. The number of carboxylic acids is 1. The SMILES string of the molecule is O=C(Nc1ccc(C(=O)O)cc1)NC(C1CC1)C1CC1. The second-order valence-corrected chi connectivity index (χ2v) is 5.68. The first-order valence-corrected chi connectivity index (χ1v) is 7.04. The van der Waals surface area contributed by atoms with Crippen molar-refractivity contribution in [3.8, 4) is 0 Å². The lowest BCUT2D eigenvalue weighted by Gasteiger charge is -2.18. The molecule has 0 unspecified atom stereocenters. The van der Waals surface area contributed by atoms with E-state index in [9.17, 15) is 9.59 Å². The molecule has 2 aliphatic carbocycles. The molecule has 20 heavy (non-hydrogen) atoms. The van der Waals surface area contributed by atoms with E-state index in [1.807, 2.05) is 0 Å². The average Bonchev–Trinajstić information content (AvgIpc) is 3.28. The number of carbonyl (C=O) groups excluding carboxylic acids is 1. The molecule has 2 amide bonds. The maximum absolute atomic E-state index is 12.0. The Morgan fingerprint density at radius 2 is 1.60 bits per heavy atom. The number of amides is 2. The van der Waals surface area contributed by atoms with Gasteiger partial charge in [-0.1, -0.05) is 0 Å². The molecule has 0 saturated heterocycles. The minimum atomic E-state index is -0.969. The van der Waals surface area contributed by atoms with Gasteiger partial charge in [0.15, 0.2) is 0 Å². The molecule has 0 atom stereocenters. The van der Waals surface area contributed by atoms with E-state index in [2.05, 4.69) is 10.6 Å². The number of aromatic carboxylic acids is 1. The second kappa shape index (κ2) is 5.15. The number of rotatable bonds is 5. The van der Waals surface area contributed by atoms with Crippen molar-refractivity contribution in [2.24, 2.45) is 11.8 Å². The van der Waals surface area contributed by atoms with Crippen molar-refractivity contribution >= 4 is 17.7 Å². The van der Waals surface area contributed by atoms with Gasteiger partial charge >= 0.3 is 12.0 Å². The van der Waals surface area contributed by atoms with Crippen LogP contribution in [0, 0.1) is 11.8 Å². The molecule has 0 radical (unpaired) electrons. The summed E-state index contributed by atoms with van der Waals surface area (Å²) in [5.41, 5.74) is 0.822. The number of nitrogens with one attached hydrogen (secondary N) is 2. The van der Waals surface area contributed by atoms with Crippen molar-refractivity contribution in [2.45, 2.75) is 31.7 Å². The Hall–Kier alpha value is -2.04. The fourth-order valence-corrected chi connectivity index (χ4v) is 2.55. The number of hydrogen-bond donors (Lipinski definition) is 3. The van der Waals surface area contributed by atoms with Gasteiger partial charge in [0.1, 0.15) is 0 Å². The summed E-state index contributed by atoms with van der Waals surface area (Å²) >= 11 is 0. The molecule has 3 N–H and O–H groups in total. The topological polar surface area (TPSA) is 78.4 Å². The van der Waals surface area contributed by atoms with Crippen LogP contribution in [0.4, 0.5) is 10.5 Å². The average molecular weight is 274 g/mol. The minimum Gasteiger partial charge on any atom is -0.478 e. The van der Waals surface area contributed by atoms with Gasteiger partial charge in [-0.05, 0) is 61.8 Å². The van der Waals surface area contributed by atoms with Gasteiger partial charge in [0, 0.05) is 11.7 Å². The normalized spacial score (nSPS) is 17.9. The third kappa shape index (κ3) is 3.10. The predicted molar refractivity (Wildman–Crippen MR) is 74.8 cm³/mol. The number of carboxylic acid groups (broad SMARTS) is 1. The van der Waals surface area contributed by atoms with Crippen LogP contribution in [0.3, 0.4) is 0 Å². The molecule has 2 saturated carbocycles. The molecule has 106 valence electrons. The first-order valence-electron chi connectivity index (χ1n) is 7.04. The van der Waals surface area contributed by atoms with E-state index in [0.717, 1.165) is 0 Å². The molecule has 2 aliphatic rings. The predicted octanol–water partition coefficient (Wildman–Crippen LogP) is 2.69. The summed E-state index contributed by atoms with van der Waals surface area (Å²) in [4.78, 5) is 22.7. The van der Waals surface area contributed by atoms with E-state index in [1.54, 1.807) is 12.1 Å². The Morgan fingerprint density at radius 3 is 2.05 bits per heavy atom. The van der Waals surface area contributed by atoms with Crippen LogP contribution in [-0.2, 0) is 0 Å². The van der Waals surface area contributed by atoms with Crippen molar-refractivity contribution in [2.75, 3.05) is 5.32 Å². The summed E-state index contributed by atoms with van der Waals surface area (Å²) in [7, 11) is 0. The Morgan fingerprint density at radius 1 is 1.05 bits per heavy atom. The summed E-state index contributed by atoms with van der Waals surface area (Å²) in [5, 5.41) is 14.6. The number of carbonyl (C=O) groups is 2. The van der Waals surface area contributed by atoms with Crippen LogP contribution in [0.25, 0.3) is 0 Å². The molecule has 5 heteroatoms. The van der Waals surface area contributed by atoms with Crippen LogP contribution in [0.2, 0.25) is 0 Å². The van der Waals surface area contributed by atoms with Gasteiger partial charge in [-0.2, -0.15) is 0 Å². The van der Waals surface area contributed by atoms with E-state index in [0.29, 0.717) is 23.6 Å². The smallest absolute Gasteiger partial charge is 0.335 e. The molecular formula is C15H18N2O3. The molecule has 0 spiro atoms. The van der Waals surface area contributed by atoms with Crippen molar-refractivity contribution in [3.63, 3.8) is 0 Å². The Bertz CT molecular complexity index is 506. The van der Waals surface area contributed by atoms with Crippen LogP contribution in [0.1, 0.15) is 36.0 Å². The Kier molecular flexibility index (Phi) is 3.34. The van der Waals surface area contributed by atoms with Gasteiger partial charge in [0.25, 0.3) is 0 Å². The van der Waals surface area contributed by atoms with Crippen LogP contribution < -0.4 is 10.6 Å². The van der Waals surface area contributed by atoms with Gasteiger partial charge < -0.3 is 15.7 Å². The number of urea groups is 1. The molecule has 5 nitrogen and oxygen atoms in total. The largest absolute Gasteiger partial charge is 0.478 e. The zero-order valence-electron chi connectivity index (χ0n) is 11.1. The molecule has 0 aliphatic heterocycles. The first kappa shape index (κ1) is 13.0. The molecule has 2 fully saturated rings. The Labute approximate surface area is 117 Å². The highest BCUT2D eigenvalue weighted by Crippen LogP contribution is 2.44. The van der Waals surface area contributed by atoms with Crippen LogP contribution in [0.15, 0.2) is 24.3 Å². The van der Waals surface area contributed by atoms with Crippen molar-refractivity contribution in [1.29, 1.82) is 0 Å². The van der Waals surface area contributed by atoms with E-state index in [-0.39, 0.29) is 11.6 Å². The lowest BCUT2D eigenvalue weighted by atomic mass is 10.1. The summed E-state index contributed by atoms with van der Waals surface area (Å²) < 4.78 is 0. The number of hydrogen-bond acceptors (Lipinski definition) is 2. The third-order valence-electron chi connectivity index (χ3n) is 3.95. The van der Waals surface area contributed by atoms with Crippen molar-refractivity contribution < 1.29 is 14.7 Å². The van der Waals surface area contributed by atoms with E-state index >= 15 is 0 Å². The number of anilines is 1. The van der Waals surface area contributed by atoms with E-state index in [4.69, 9.17) is 5.11 Å². The van der Waals surface area contributed by atoms with Crippen molar-refractivity contribution in [3.05, 3.63) is 29.8 Å². The molecule has 0 bridgehead atoms. The molecule has 0 aromatic heterocycles. The van der Waals surface area contributed by atoms with Gasteiger partial charge in [-0.15, -0.1) is 0 Å². The summed E-state index contributed by atoms with van der Waals surface area (Å²) in [6, 6.07) is 6.29. The zero-order valence-corrected chi connectivity index (χ0v) is 11.1. The van der Waals surface area contributed by atoms with Crippen molar-refractivity contribution in [1.82, 2.24) is 5.32 Å². The monoisotopic (exact) mass is 274 g/mol. The lowest BCUT2D eigenvalue weighted by Crippen LogP contribution is -2.40. The van der Waals surface area contributed by atoms with E-state index in [1.165, 1.54) is 37.8 Å². The minimum absolute atomic E-state index is 0.197. The fraction of sp³-hybridized carbons (Fsp3) is 0.467. The van der Waals surface area contributed by atoms with Gasteiger partial charge in [-0.3, -0.25) is 0 Å². The Balaban J connectivity index is 1.56. The quantitative estimate of drug-likeness (QED) is 0.772. The van der Waals surface area contributed by atoms with E-state index < -0.39 is 5.97 Å². The highest BCUT2D eigenvalue weighted by Gasteiger charge is 2.42. The van der Waals surface area contributed by atoms with Gasteiger partial charge in [0.2, 0.25) is 0 Å². The maximum atomic E-state index is 12.0. The van der Waals surface area contributed by atoms with Crippen LogP contribution in [0.5, 0.6) is 0 Å². The lowest BCUT2D eigenvalue weighted by molar-refractivity contribution is 0.0697. The summed E-state index contributed by atoms with van der Waals surface area (Å²) in [6.45, 7) is 0. The van der Waals surface area contributed by atoms with Gasteiger partial charge in [0.05, 0.1) is 5.56 Å². The molecule has 3 rings (SSSR count). The summed E-state index contributed by atoms with van der Waals surface area (Å²) in [5.74, 6) is 0.341. The molecule has 0 heterocycles. The zero-order chi connectivity index (χ0) is 14.1. The number of benzene rings is 1. The van der Waals surface area contributed by atoms with Crippen LogP contribution >= 0.6 is 0 Å². The first-order chi connectivity index (χ1) is 9.63. The molecule has 1 aromatic carbocycles. The maximum Gasteiger partial charge on any atom is 0.335 e. The standard InChI is InChI=1S/C15H18N2O3/c18-14(19)11-5-7-12(8-6-11)16-15(20)17-13(9-1-2-9)10-3-4-10/h5-10,13H,1-4H2,(H,18,19)(H2,16,17,20). The molecular weight excluding hydrogens is 256 g/mol. The highest BCUT2D eigenvalue weighted by atomic mass is 16.4. The van der Waals surface area contributed by atoms with Gasteiger partial charge in [-0.25, -0.2) is 9.59 Å². The second-order valence-electron chi connectivity index (χ2n) is 5.68. The summed E-state index contributed by atoms with van der Waals surface area (Å²) in [6.07, 6.45) is 4.87. The van der Waals surface area contributed by atoms with Crippen LogP contribution in [-0.4, -0.2) is 23.1 Å².